The Morgan fingerprint density at radius 1 is 1.12 bits per heavy atom. The van der Waals surface area contributed by atoms with E-state index in [9.17, 15) is 9.90 Å². The number of halogens is 2. The van der Waals surface area contributed by atoms with Crippen LogP contribution in [0.5, 0.6) is 5.75 Å². The standard InChI is InChI=1S/C23H25Cl2N5O3/c1-23(2,3)30(22(31)32)17-8-4-6-15(12-17)26-10-11-33-18-9-5-7-16(13-18)28-20-19(24)14-27-21(25)29-20/h4-9,12-14,26H,10-11H2,1-3H3,(H,31,32)(H,27,28,29). The van der Waals surface area contributed by atoms with E-state index in [1.54, 1.807) is 12.1 Å². The Balaban J connectivity index is 1.57. The third-order valence-corrected chi connectivity index (χ3v) is 4.94. The van der Waals surface area contributed by atoms with Gasteiger partial charge in [-0.25, -0.2) is 9.78 Å². The minimum Gasteiger partial charge on any atom is -0.492 e. The Bertz CT molecular complexity index is 1120. The highest BCUT2D eigenvalue weighted by molar-refractivity contribution is 6.33. The topological polar surface area (TPSA) is 99.6 Å². The van der Waals surface area contributed by atoms with Crippen LogP contribution in [-0.4, -0.2) is 39.9 Å². The fourth-order valence-corrected chi connectivity index (χ4v) is 3.41. The van der Waals surface area contributed by atoms with Gasteiger partial charge in [0.15, 0.2) is 5.82 Å². The van der Waals surface area contributed by atoms with Gasteiger partial charge < -0.3 is 20.5 Å². The number of hydrogen-bond donors (Lipinski definition) is 3. The Morgan fingerprint density at radius 2 is 1.85 bits per heavy atom. The molecule has 3 aromatic rings. The van der Waals surface area contributed by atoms with Gasteiger partial charge in [-0.15, -0.1) is 0 Å². The monoisotopic (exact) mass is 489 g/mol. The number of carboxylic acid groups (broad SMARTS) is 1. The third-order valence-electron chi connectivity index (χ3n) is 4.48. The summed E-state index contributed by atoms with van der Waals surface area (Å²) in [5, 5.41) is 16.4. The normalized spacial score (nSPS) is 11.1. The van der Waals surface area contributed by atoms with Crippen LogP contribution in [0.1, 0.15) is 20.8 Å². The predicted molar refractivity (Wildman–Crippen MR) is 132 cm³/mol. The van der Waals surface area contributed by atoms with Gasteiger partial charge in [-0.1, -0.05) is 23.7 Å². The number of benzene rings is 2. The Kier molecular flexibility index (Phi) is 7.84. The molecule has 174 valence electrons. The molecule has 2 aromatic carbocycles. The zero-order chi connectivity index (χ0) is 24.0. The number of nitrogens with one attached hydrogen (secondary N) is 2. The van der Waals surface area contributed by atoms with Crippen LogP contribution in [0.25, 0.3) is 0 Å². The fourth-order valence-electron chi connectivity index (χ4n) is 3.14. The van der Waals surface area contributed by atoms with Gasteiger partial charge in [-0.3, -0.25) is 4.90 Å². The number of aromatic nitrogens is 2. The molecule has 0 bridgehead atoms. The lowest BCUT2D eigenvalue weighted by molar-refractivity contribution is 0.195. The molecule has 1 aromatic heterocycles. The maximum atomic E-state index is 11.7. The van der Waals surface area contributed by atoms with E-state index in [1.807, 2.05) is 57.2 Å². The molecule has 0 aliphatic rings. The number of amides is 1. The lowest BCUT2D eigenvalue weighted by Gasteiger charge is -2.33. The van der Waals surface area contributed by atoms with E-state index in [0.29, 0.717) is 35.4 Å². The first kappa shape index (κ1) is 24.4. The molecular formula is C23H25Cl2N5O3. The van der Waals surface area contributed by atoms with Gasteiger partial charge >= 0.3 is 6.09 Å². The molecule has 0 fully saturated rings. The molecule has 1 heterocycles. The summed E-state index contributed by atoms with van der Waals surface area (Å²) in [6, 6.07) is 14.6. The molecule has 0 saturated carbocycles. The van der Waals surface area contributed by atoms with Gasteiger partial charge in [-0.2, -0.15) is 4.98 Å². The van der Waals surface area contributed by atoms with Crippen molar-refractivity contribution in [2.45, 2.75) is 26.3 Å². The summed E-state index contributed by atoms with van der Waals surface area (Å²) in [4.78, 5) is 21.0. The van der Waals surface area contributed by atoms with Crippen molar-refractivity contribution in [2.24, 2.45) is 0 Å². The molecule has 0 radical (unpaired) electrons. The zero-order valence-electron chi connectivity index (χ0n) is 18.5. The van der Waals surface area contributed by atoms with Gasteiger partial charge in [0.25, 0.3) is 0 Å². The van der Waals surface area contributed by atoms with E-state index >= 15 is 0 Å². The first-order chi connectivity index (χ1) is 15.6. The molecule has 1 amide bonds. The quantitative estimate of drug-likeness (QED) is 0.252. The van der Waals surface area contributed by atoms with Crippen LogP contribution >= 0.6 is 23.2 Å². The van der Waals surface area contributed by atoms with Crippen molar-refractivity contribution in [3.63, 3.8) is 0 Å². The van der Waals surface area contributed by atoms with Crippen molar-refractivity contribution in [1.82, 2.24) is 9.97 Å². The summed E-state index contributed by atoms with van der Waals surface area (Å²) in [6.07, 6.45) is 0.430. The molecule has 3 N–H and O–H groups in total. The molecule has 0 aliphatic heterocycles. The number of anilines is 4. The summed E-state index contributed by atoms with van der Waals surface area (Å²) >= 11 is 11.9. The van der Waals surface area contributed by atoms with Crippen LogP contribution in [0.4, 0.5) is 27.7 Å². The SMILES string of the molecule is CC(C)(C)N(C(=O)O)c1cccc(NCCOc2cccc(Nc3nc(Cl)ncc3Cl)c2)c1. The van der Waals surface area contributed by atoms with Crippen molar-refractivity contribution < 1.29 is 14.6 Å². The van der Waals surface area contributed by atoms with Gasteiger partial charge in [-0.05, 0) is 62.7 Å². The van der Waals surface area contributed by atoms with Crippen LogP contribution in [0.2, 0.25) is 10.3 Å². The minimum atomic E-state index is -0.998. The van der Waals surface area contributed by atoms with E-state index in [0.717, 1.165) is 11.4 Å². The van der Waals surface area contributed by atoms with Crippen molar-refractivity contribution in [2.75, 3.05) is 28.7 Å². The van der Waals surface area contributed by atoms with Crippen molar-refractivity contribution in [3.05, 3.63) is 65.0 Å². The molecule has 0 unspecified atom stereocenters. The first-order valence-corrected chi connectivity index (χ1v) is 10.9. The number of ether oxygens (including phenoxy) is 1. The Morgan fingerprint density at radius 3 is 2.58 bits per heavy atom. The lowest BCUT2D eigenvalue weighted by atomic mass is 10.1. The van der Waals surface area contributed by atoms with Gasteiger partial charge in [0, 0.05) is 35.2 Å². The molecule has 3 rings (SSSR count). The maximum absolute atomic E-state index is 11.7. The summed E-state index contributed by atoms with van der Waals surface area (Å²) in [5.74, 6) is 1.07. The van der Waals surface area contributed by atoms with Gasteiger partial charge in [0.1, 0.15) is 17.4 Å². The van der Waals surface area contributed by atoms with E-state index in [4.69, 9.17) is 27.9 Å². The smallest absolute Gasteiger partial charge is 0.412 e. The van der Waals surface area contributed by atoms with Crippen molar-refractivity contribution in [3.8, 4) is 5.75 Å². The van der Waals surface area contributed by atoms with Gasteiger partial charge in [0.05, 0.1) is 6.20 Å². The van der Waals surface area contributed by atoms with Gasteiger partial charge in [0.2, 0.25) is 5.28 Å². The van der Waals surface area contributed by atoms with E-state index in [2.05, 4.69) is 20.6 Å². The highest BCUT2D eigenvalue weighted by Gasteiger charge is 2.27. The average Bonchev–Trinajstić information content (AvgIpc) is 2.73. The number of hydrogen-bond acceptors (Lipinski definition) is 6. The Labute approximate surface area is 202 Å². The van der Waals surface area contributed by atoms with Crippen LogP contribution in [-0.2, 0) is 0 Å². The average molecular weight is 490 g/mol. The highest BCUT2D eigenvalue weighted by atomic mass is 35.5. The maximum Gasteiger partial charge on any atom is 0.412 e. The predicted octanol–water partition coefficient (Wildman–Crippen LogP) is 6.30. The zero-order valence-corrected chi connectivity index (χ0v) is 20.0. The van der Waals surface area contributed by atoms with Crippen LogP contribution in [0.15, 0.2) is 54.7 Å². The summed E-state index contributed by atoms with van der Waals surface area (Å²) in [7, 11) is 0. The second kappa shape index (κ2) is 10.6. The fraction of sp³-hybridized carbons (Fsp3) is 0.261. The second-order valence-electron chi connectivity index (χ2n) is 8.10. The molecular weight excluding hydrogens is 465 g/mol. The Hall–Kier alpha value is -3.23. The van der Waals surface area contributed by atoms with E-state index in [1.165, 1.54) is 11.1 Å². The first-order valence-electron chi connectivity index (χ1n) is 10.2. The highest BCUT2D eigenvalue weighted by Crippen LogP contribution is 2.27. The molecule has 0 atom stereocenters. The van der Waals surface area contributed by atoms with Crippen LogP contribution in [0.3, 0.4) is 0 Å². The summed E-state index contributed by atoms with van der Waals surface area (Å²) in [6.45, 7) is 6.48. The molecule has 10 heteroatoms. The van der Waals surface area contributed by atoms with Crippen molar-refractivity contribution >= 4 is 52.2 Å². The van der Waals surface area contributed by atoms with Crippen molar-refractivity contribution in [1.29, 1.82) is 0 Å². The summed E-state index contributed by atoms with van der Waals surface area (Å²) in [5.41, 5.74) is 1.58. The minimum absolute atomic E-state index is 0.0958. The molecule has 8 nitrogen and oxygen atoms in total. The van der Waals surface area contributed by atoms with E-state index < -0.39 is 11.6 Å². The second-order valence-corrected chi connectivity index (χ2v) is 8.85. The largest absolute Gasteiger partial charge is 0.492 e. The molecule has 0 aliphatic carbocycles. The lowest BCUT2D eigenvalue weighted by Crippen LogP contribution is -2.45. The number of nitrogens with zero attached hydrogens (tertiary/aromatic N) is 3. The van der Waals surface area contributed by atoms with Crippen LogP contribution in [0, 0.1) is 0 Å². The third kappa shape index (κ3) is 6.87. The number of rotatable bonds is 8. The molecule has 0 saturated heterocycles. The molecule has 33 heavy (non-hydrogen) atoms. The summed E-state index contributed by atoms with van der Waals surface area (Å²) < 4.78 is 5.83. The van der Waals surface area contributed by atoms with E-state index in [-0.39, 0.29) is 5.28 Å². The number of carbonyl (C=O) groups is 1. The van der Waals surface area contributed by atoms with Crippen LogP contribution < -0.4 is 20.3 Å². The molecule has 0 spiro atoms.